The van der Waals surface area contributed by atoms with E-state index >= 15 is 0 Å². The topological polar surface area (TPSA) is 52.6 Å². The van der Waals surface area contributed by atoms with E-state index in [2.05, 4.69) is 9.47 Å². The molecule has 0 aromatic carbocycles. The van der Waals surface area contributed by atoms with Crippen LogP contribution < -0.4 is 0 Å². The third kappa shape index (κ3) is 2.60. The highest BCUT2D eigenvalue weighted by molar-refractivity contribution is 5.77. The largest absolute Gasteiger partial charge is 0.490 e. The van der Waals surface area contributed by atoms with Gasteiger partial charge in [0.05, 0.1) is 6.42 Å². The van der Waals surface area contributed by atoms with Crippen LogP contribution in [0.3, 0.4) is 0 Å². The molecule has 1 aliphatic heterocycles. The van der Waals surface area contributed by atoms with Crippen LogP contribution in [0.1, 0.15) is 6.42 Å². The van der Waals surface area contributed by atoms with Gasteiger partial charge in [0, 0.05) is 0 Å². The smallest absolute Gasteiger partial charge is 0.462 e. The maximum Gasteiger partial charge on any atom is 0.490 e. The molecule has 1 fully saturated rings. The molecule has 1 saturated heterocycles. The normalized spacial score (nSPS) is 22.7. The third-order valence-electron chi connectivity index (χ3n) is 1.33. The van der Waals surface area contributed by atoms with E-state index < -0.39 is 24.2 Å². The Kier molecular flexibility index (Phi) is 2.44. The number of carbonyl (C=O) groups is 2. The van der Waals surface area contributed by atoms with Gasteiger partial charge in [0.15, 0.2) is 0 Å². The molecular weight excluding hydrogens is 193 g/mol. The van der Waals surface area contributed by atoms with Gasteiger partial charge in [-0.2, -0.15) is 13.2 Å². The number of halogens is 3. The van der Waals surface area contributed by atoms with Gasteiger partial charge in [-0.1, -0.05) is 0 Å². The summed E-state index contributed by atoms with van der Waals surface area (Å²) in [6.07, 6.45) is -6.45. The lowest BCUT2D eigenvalue weighted by Gasteiger charge is -2.10. The van der Waals surface area contributed by atoms with Crippen LogP contribution in [-0.4, -0.2) is 30.8 Å². The summed E-state index contributed by atoms with van der Waals surface area (Å²) in [7, 11) is 0. The van der Waals surface area contributed by atoms with Gasteiger partial charge in [0.25, 0.3) is 0 Å². The van der Waals surface area contributed by atoms with E-state index in [-0.39, 0.29) is 13.0 Å². The van der Waals surface area contributed by atoms with Crippen LogP contribution in [-0.2, 0) is 19.1 Å². The number of cyclic esters (lactones) is 1. The summed E-state index contributed by atoms with van der Waals surface area (Å²) >= 11 is 0. The molecule has 0 aliphatic carbocycles. The molecule has 0 spiro atoms. The molecule has 1 aliphatic rings. The highest BCUT2D eigenvalue weighted by Crippen LogP contribution is 2.20. The van der Waals surface area contributed by atoms with Crippen molar-refractivity contribution < 1.29 is 32.2 Å². The molecule has 74 valence electrons. The van der Waals surface area contributed by atoms with Crippen LogP contribution in [0.2, 0.25) is 0 Å². The zero-order valence-electron chi connectivity index (χ0n) is 6.26. The van der Waals surface area contributed by atoms with Gasteiger partial charge < -0.3 is 9.47 Å². The van der Waals surface area contributed by atoms with E-state index in [1.54, 1.807) is 0 Å². The van der Waals surface area contributed by atoms with Crippen molar-refractivity contribution in [1.82, 2.24) is 0 Å². The first-order chi connectivity index (χ1) is 5.89. The average molecular weight is 198 g/mol. The summed E-state index contributed by atoms with van der Waals surface area (Å²) in [5.41, 5.74) is 0. The maximum absolute atomic E-state index is 11.6. The zero-order valence-corrected chi connectivity index (χ0v) is 6.26. The molecule has 0 aromatic heterocycles. The zero-order chi connectivity index (χ0) is 10.1. The minimum Gasteiger partial charge on any atom is -0.462 e. The SMILES string of the molecule is O=C1C[C@@H](OC(=O)C(F)(F)F)CO1. The Bertz CT molecular complexity index is 235. The van der Waals surface area contributed by atoms with Crippen LogP contribution >= 0.6 is 0 Å². The second kappa shape index (κ2) is 3.23. The first kappa shape index (κ1) is 9.82. The number of hydrogen-bond donors (Lipinski definition) is 0. The Morgan fingerprint density at radius 3 is 2.54 bits per heavy atom. The lowest BCUT2D eigenvalue weighted by atomic mass is 10.3. The second-order valence-electron chi connectivity index (χ2n) is 2.41. The summed E-state index contributed by atoms with van der Waals surface area (Å²) in [5.74, 6) is -2.96. The van der Waals surface area contributed by atoms with Crippen LogP contribution in [0.25, 0.3) is 0 Å². The molecule has 1 heterocycles. The predicted molar refractivity (Wildman–Crippen MR) is 31.5 cm³/mol. The van der Waals surface area contributed by atoms with E-state index in [0.717, 1.165) is 0 Å². The van der Waals surface area contributed by atoms with Crippen molar-refractivity contribution in [2.75, 3.05) is 6.61 Å². The lowest BCUT2D eigenvalue weighted by Crippen LogP contribution is -2.30. The Labute approximate surface area is 70.6 Å². The molecule has 7 heteroatoms. The molecule has 4 nitrogen and oxygen atoms in total. The van der Waals surface area contributed by atoms with Crippen molar-refractivity contribution in [3.05, 3.63) is 0 Å². The predicted octanol–water partition coefficient (Wildman–Crippen LogP) is 0.407. The minimum atomic E-state index is -5.02. The molecule has 0 unspecified atom stereocenters. The van der Waals surface area contributed by atoms with Crippen molar-refractivity contribution in [1.29, 1.82) is 0 Å². The second-order valence-corrected chi connectivity index (χ2v) is 2.41. The highest BCUT2D eigenvalue weighted by Gasteiger charge is 2.43. The van der Waals surface area contributed by atoms with E-state index in [4.69, 9.17) is 0 Å². The average Bonchev–Trinajstić information content (AvgIpc) is 2.33. The number of carbonyl (C=O) groups excluding carboxylic acids is 2. The molecule has 1 atom stereocenters. The lowest BCUT2D eigenvalue weighted by molar-refractivity contribution is -0.204. The first-order valence-corrected chi connectivity index (χ1v) is 3.33. The molecule has 1 rings (SSSR count). The fraction of sp³-hybridized carbons (Fsp3) is 0.667. The molecule has 0 amide bonds. The Balaban J connectivity index is 2.42. The van der Waals surface area contributed by atoms with Gasteiger partial charge in [0.1, 0.15) is 12.7 Å². The molecule has 13 heavy (non-hydrogen) atoms. The summed E-state index contributed by atoms with van der Waals surface area (Å²) in [6.45, 7) is -0.305. The van der Waals surface area contributed by atoms with Gasteiger partial charge in [-0.15, -0.1) is 0 Å². The standard InChI is InChI=1S/C6H5F3O4/c7-6(8,9)5(11)13-3-1-4(10)12-2-3/h3H,1-2H2/t3-/m1/s1. The molecular formula is C6H5F3O4. The van der Waals surface area contributed by atoms with E-state index in [1.807, 2.05) is 0 Å². The van der Waals surface area contributed by atoms with Crippen molar-refractivity contribution in [3.8, 4) is 0 Å². The van der Waals surface area contributed by atoms with Crippen molar-refractivity contribution in [3.63, 3.8) is 0 Å². The molecule has 0 aromatic rings. The van der Waals surface area contributed by atoms with Crippen LogP contribution in [0.5, 0.6) is 0 Å². The molecule has 0 saturated carbocycles. The molecule has 0 N–H and O–H groups in total. The number of alkyl halides is 3. The fourth-order valence-electron chi connectivity index (χ4n) is 0.784. The quantitative estimate of drug-likeness (QED) is 0.572. The molecule has 0 bridgehead atoms. The van der Waals surface area contributed by atoms with E-state index in [1.165, 1.54) is 0 Å². The Morgan fingerprint density at radius 1 is 1.54 bits per heavy atom. The van der Waals surface area contributed by atoms with Crippen LogP contribution in [0, 0.1) is 0 Å². The highest BCUT2D eigenvalue weighted by atomic mass is 19.4. The van der Waals surface area contributed by atoms with Gasteiger partial charge in [-0.3, -0.25) is 4.79 Å². The summed E-state index contributed by atoms with van der Waals surface area (Å²) in [5, 5.41) is 0. The molecule has 0 radical (unpaired) electrons. The van der Waals surface area contributed by atoms with Gasteiger partial charge in [0.2, 0.25) is 0 Å². The fourth-order valence-corrected chi connectivity index (χ4v) is 0.784. The van der Waals surface area contributed by atoms with Gasteiger partial charge in [-0.05, 0) is 0 Å². The van der Waals surface area contributed by atoms with Gasteiger partial charge in [-0.25, -0.2) is 4.79 Å². The van der Waals surface area contributed by atoms with E-state index in [9.17, 15) is 22.8 Å². The van der Waals surface area contributed by atoms with Crippen molar-refractivity contribution in [2.45, 2.75) is 18.7 Å². The number of ether oxygens (including phenoxy) is 2. The third-order valence-corrected chi connectivity index (χ3v) is 1.33. The van der Waals surface area contributed by atoms with Crippen molar-refractivity contribution in [2.24, 2.45) is 0 Å². The monoisotopic (exact) mass is 198 g/mol. The van der Waals surface area contributed by atoms with E-state index in [0.29, 0.717) is 0 Å². The van der Waals surface area contributed by atoms with Crippen LogP contribution in [0.15, 0.2) is 0 Å². The number of esters is 2. The summed E-state index contributed by atoms with van der Waals surface area (Å²) in [6, 6.07) is 0. The number of hydrogen-bond acceptors (Lipinski definition) is 4. The summed E-state index contributed by atoms with van der Waals surface area (Å²) in [4.78, 5) is 20.6. The Morgan fingerprint density at radius 2 is 2.15 bits per heavy atom. The maximum atomic E-state index is 11.6. The summed E-state index contributed by atoms with van der Waals surface area (Å²) < 4.78 is 43.0. The van der Waals surface area contributed by atoms with Crippen LogP contribution in [0.4, 0.5) is 13.2 Å². The van der Waals surface area contributed by atoms with Gasteiger partial charge >= 0.3 is 18.1 Å². The number of rotatable bonds is 1. The first-order valence-electron chi connectivity index (χ1n) is 3.33. The Hall–Kier alpha value is -1.27. The minimum absolute atomic E-state index is 0.305. The van der Waals surface area contributed by atoms with Crippen molar-refractivity contribution >= 4 is 11.9 Å².